The molecule has 0 bridgehead atoms. The van der Waals surface area contributed by atoms with Gasteiger partial charge in [-0.1, -0.05) is 19.1 Å². The standard InChI is InChI=1S/C15H20O2/c1-11(9-16)12-5-7-15(2)6-3-4-13(10-17)14(15)8-12/h9-10,12H,1,3-8H2,2H3. The molecule has 0 aromatic carbocycles. The van der Waals surface area contributed by atoms with Crippen molar-refractivity contribution in [2.75, 3.05) is 0 Å². The van der Waals surface area contributed by atoms with Crippen molar-refractivity contribution in [3.8, 4) is 0 Å². The normalized spacial score (nSPS) is 32.9. The molecule has 2 unspecified atom stereocenters. The maximum atomic E-state index is 11.2. The summed E-state index contributed by atoms with van der Waals surface area (Å²) in [4.78, 5) is 22.0. The lowest BCUT2D eigenvalue weighted by atomic mass is 9.61. The highest BCUT2D eigenvalue weighted by Crippen LogP contribution is 2.51. The highest BCUT2D eigenvalue weighted by Gasteiger charge is 2.39. The molecule has 0 amide bonds. The first-order valence-corrected chi connectivity index (χ1v) is 6.42. The predicted molar refractivity (Wildman–Crippen MR) is 67.6 cm³/mol. The van der Waals surface area contributed by atoms with E-state index in [0.717, 1.165) is 50.2 Å². The maximum absolute atomic E-state index is 11.2. The van der Waals surface area contributed by atoms with E-state index in [1.807, 2.05) is 0 Å². The van der Waals surface area contributed by atoms with Crippen molar-refractivity contribution in [1.29, 1.82) is 0 Å². The Morgan fingerprint density at radius 2 is 2.18 bits per heavy atom. The lowest BCUT2D eigenvalue weighted by Gasteiger charge is -2.43. The van der Waals surface area contributed by atoms with Gasteiger partial charge in [0.05, 0.1) is 0 Å². The highest BCUT2D eigenvalue weighted by atomic mass is 16.1. The number of carbonyl (C=O) groups is 2. The van der Waals surface area contributed by atoms with Gasteiger partial charge >= 0.3 is 0 Å². The van der Waals surface area contributed by atoms with Gasteiger partial charge in [-0.2, -0.15) is 0 Å². The molecular formula is C15H20O2. The molecule has 2 nitrogen and oxygen atoms in total. The first-order chi connectivity index (χ1) is 8.10. The fourth-order valence-corrected chi connectivity index (χ4v) is 3.40. The summed E-state index contributed by atoms with van der Waals surface area (Å²) in [6, 6.07) is 0. The van der Waals surface area contributed by atoms with Crippen LogP contribution < -0.4 is 0 Å². The van der Waals surface area contributed by atoms with Crippen LogP contribution in [0.4, 0.5) is 0 Å². The minimum atomic E-state index is 0.203. The second kappa shape index (κ2) is 4.59. The molecule has 0 heterocycles. The largest absolute Gasteiger partial charge is 0.298 e. The molecule has 2 atom stereocenters. The first kappa shape index (κ1) is 12.3. The van der Waals surface area contributed by atoms with Crippen molar-refractivity contribution < 1.29 is 9.59 Å². The molecule has 0 aromatic rings. The summed E-state index contributed by atoms with van der Waals surface area (Å²) >= 11 is 0. The second-order valence-electron chi connectivity index (χ2n) is 5.67. The Morgan fingerprint density at radius 1 is 1.41 bits per heavy atom. The van der Waals surface area contributed by atoms with Gasteiger partial charge in [0, 0.05) is 0 Å². The molecule has 0 aliphatic heterocycles. The van der Waals surface area contributed by atoms with Crippen LogP contribution in [-0.4, -0.2) is 12.6 Å². The molecule has 92 valence electrons. The molecule has 2 aliphatic carbocycles. The summed E-state index contributed by atoms with van der Waals surface area (Å²) in [5.41, 5.74) is 3.18. The van der Waals surface area contributed by atoms with Gasteiger partial charge in [0.25, 0.3) is 0 Å². The summed E-state index contributed by atoms with van der Waals surface area (Å²) in [5.74, 6) is 0.253. The number of fused-ring (bicyclic) bond motifs is 1. The van der Waals surface area contributed by atoms with Crippen molar-refractivity contribution in [1.82, 2.24) is 0 Å². The molecule has 0 N–H and O–H groups in total. The number of rotatable bonds is 3. The Balaban J connectivity index is 2.30. The molecule has 1 saturated carbocycles. The average molecular weight is 232 g/mol. The lowest BCUT2D eigenvalue weighted by Crippen LogP contribution is -2.32. The van der Waals surface area contributed by atoms with E-state index in [1.54, 1.807) is 0 Å². The second-order valence-corrected chi connectivity index (χ2v) is 5.67. The average Bonchev–Trinajstić information content (AvgIpc) is 2.35. The smallest absolute Gasteiger partial charge is 0.145 e. The van der Waals surface area contributed by atoms with Crippen LogP contribution >= 0.6 is 0 Å². The zero-order valence-electron chi connectivity index (χ0n) is 10.5. The van der Waals surface area contributed by atoms with Crippen molar-refractivity contribution in [3.63, 3.8) is 0 Å². The Hall–Kier alpha value is -1.18. The van der Waals surface area contributed by atoms with Gasteiger partial charge in [-0.3, -0.25) is 9.59 Å². The van der Waals surface area contributed by atoms with E-state index in [9.17, 15) is 9.59 Å². The molecule has 2 heteroatoms. The molecule has 2 aliphatic rings. The fourth-order valence-electron chi connectivity index (χ4n) is 3.40. The number of carbonyl (C=O) groups excluding carboxylic acids is 2. The van der Waals surface area contributed by atoms with Gasteiger partial charge in [0.15, 0.2) is 0 Å². The van der Waals surface area contributed by atoms with Crippen LogP contribution in [0.2, 0.25) is 0 Å². The minimum Gasteiger partial charge on any atom is -0.298 e. The highest BCUT2D eigenvalue weighted by molar-refractivity contribution is 5.76. The molecule has 1 fully saturated rings. The topological polar surface area (TPSA) is 34.1 Å². The Morgan fingerprint density at radius 3 is 2.82 bits per heavy atom. The SMILES string of the molecule is C=C(C=O)C1CCC2(C)CCCC(C=O)=C2C1. The summed E-state index contributed by atoms with van der Waals surface area (Å²) < 4.78 is 0. The van der Waals surface area contributed by atoms with Crippen LogP contribution in [-0.2, 0) is 9.59 Å². The maximum Gasteiger partial charge on any atom is 0.145 e. The predicted octanol–water partition coefficient (Wildman–Crippen LogP) is 3.23. The van der Waals surface area contributed by atoms with Crippen LogP contribution in [0.3, 0.4) is 0 Å². The quantitative estimate of drug-likeness (QED) is 0.553. The zero-order chi connectivity index (χ0) is 12.5. The minimum absolute atomic E-state index is 0.203. The van der Waals surface area contributed by atoms with Gasteiger partial charge in [0.1, 0.15) is 12.6 Å². The molecule has 0 aromatic heterocycles. The van der Waals surface area contributed by atoms with E-state index in [4.69, 9.17) is 0 Å². The van der Waals surface area contributed by atoms with Gasteiger partial charge in [0.2, 0.25) is 0 Å². The number of aldehydes is 2. The van der Waals surface area contributed by atoms with Crippen molar-refractivity contribution >= 4 is 12.6 Å². The van der Waals surface area contributed by atoms with E-state index < -0.39 is 0 Å². The molecule has 0 saturated heterocycles. The summed E-state index contributed by atoms with van der Waals surface area (Å²) in [7, 11) is 0. The third-order valence-electron chi connectivity index (χ3n) is 4.60. The van der Waals surface area contributed by atoms with E-state index >= 15 is 0 Å². The fraction of sp³-hybridized carbons (Fsp3) is 0.600. The van der Waals surface area contributed by atoms with E-state index in [1.165, 1.54) is 12.0 Å². The Labute approximate surface area is 103 Å². The van der Waals surface area contributed by atoms with Gasteiger partial charge in [-0.25, -0.2) is 0 Å². The summed E-state index contributed by atoms with van der Waals surface area (Å²) in [5, 5.41) is 0. The Bertz CT molecular complexity index is 392. The third kappa shape index (κ3) is 2.13. The van der Waals surface area contributed by atoms with Crippen molar-refractivity contribution in [2.45, 2.75) is 45.4 Å². The van der Waals surface area contributed by atoms with Gasteiger partial charge in [-0.15, -0.1) is 0 Å². The van der Waals surface area contributed by atoms with Crippen LogP contribution in [0.15, 0.2) is 23.3 Å². The van der Waals surface area contributed by atoms with Crippen LogP contribution in [0, 0.1) is 11.3 Å². The number of allylic oxidation sites excluding steroid dienone is 3. The molecule has 0 radical (unpaired) electrons. The van der Waals surface area contributed by atoms with Crippen molar-refractivity contribution in [2.24, 2.45) is 11.3 Å². The summed E-state index contributed by atoms with van der Waals surface area (Å²) in [6.45, 7) is 6.10. The van der Waals surface area contributed by atoms with Gasteiger partial charge < -0.3 is 0 Å². The van der Waals surface area contributed by atoms with E-state index in [0.29, 0.717) is 5.57 Å². The number of hydrogen-bond donors (Lipinski definition) is 0. The third-order valence-corrected chi connectivity index (χ3v) is 4.60. The number of hydrogen-bond acceptors (Lipinski definition) is 2. The van der Waals surface area contributed by atoms with Gasteiger partial charge in [-0.05, 0) is 61.0 Å². The van der Waals surface area contributed by atoms with E-state index in [-0.39, 0.29) is 11.3 Å². The van der Waals surface area contributed by atoms with Crippen LogP contribution in [0.1, 0.15) is 45.4 Å². The first-order valence-electron chi connectivity index (χ1n) is 6.42. The van der Waals surface area contributed by atoms with E-state index in [2.05, 4.69) is 13.5 Å². The molecule has 0 spiro atoms. The van der Waals surface area contributed by atoms with Crippen LogP contribution in [0.5, 0.6) is 0 Å². The monoisotopic (exact) mass is 232 g/mol. The van der Waals surface area contributed by atoms with Crippen LogP contribution in [0.25, 0.3) is 0 Å². The zero-order valence-corrected chi connectivity index (χ0v) is 10.5. The van der Waals surface area contributed by atoms with Crippen molar-refractivity contribution in [3.05, 3.63) is 23.3 Å². The Kier molecular flexibility index (Phi) is 3.32. The molecule has 2 rings (SSSR count). The molecule has 17 heavy (non-hydrogen) atoms. The lowest BCUT2D eigenvalue weighted by molar-refractivity contribution is -0.105. The summed E-state index contributed by atoms with van der Waals surface area (Å²) in [6.07, 6.45) is 8.08. The molecular weight excluding hydrogens is 212 g/mol.